The number of aryl methyl sites for hydroxylation is 1. The number of fused-ring (bicyclic) bond motifs is 1. The number of nitrogens with zero attached hydrogens (tertiary/aromatic N) is 3. The molecule has 0 radical (unpaired) electrons. The molecule has 0 saturated heterocycles. The smallest absolute Gasteiger partial charge is 0.271 e. The lowest BCUT2D eigenvalue weighted by Gasteiger charge is -2.41. The summed E-state index contributed by atoms with van der Waals surface area (Å²) in [7, 11) is 2.11. The van der Waals surface area contributed by atoms with E-state index < -0.39 is 4.92 Å². The first-order valence-electron chi connectivity index (χ1n) is 8.56. The summed E-state index contributed by atoms with van der Waals surface area (Å²) in [6.07, 6.45) is 4.05. The van der Waals surface area contributed by atoms with Gasteiger partial charge in [0.1, 0.15) is 0 Å². The second kappa shape index (κ2) is 6.41. The summed E-state index contributed by atoms with van der Waals surface area (Å²) < 4.78 is 0. The second-order valence-corrected chi connectivity index (χ2v) is 7.30. The van der Waals surface area contributed by atoms with Crippen LogP contribution < -0.4 is 4.90 Å². The summed E-state index contributed by atoms with van der Waals surface area (Å²) >= 11 is 0. The standard InChI is InChI=1S/C21H23N3O2/c1-14-9-20-19(15(2)12-21(3,4)23(20)5)10-16(14)13-22-17-7-6-8-18(11-17)24(25)26/h6-13H,1-5H3. The Morgan fingerprint density at radius 1 is 1.19 bits per heavy atom. The number of hydrogen-bond donors (Lipinski definition) is 0. The van der Waals surface area contributed by atoms with Gasteiger partial charge in [0.15, 0.2) is 0 Å². The molecule has 26 heavy (non-hydrogen) atoms. The fourth-order valence-electron chi connectivity index (χ4n) is 3.29. The predicted octanol–water partition coefficient (Wildman–Crippen LogP) is 5.29. The Kier molecular flexibility index (Phi) is 4.40. The number of anilines is 1. The molecule has 2 aromatic carbocycles. The summed E-state index contributed by atoms with van der Waals surface area (Å²) in [6.45, 7) is 8.59. The third kappa shape index (κ3) is 3.25. The average Bonchev–Trinajstić information content (AvgIpc) is 2.58. The molecule has 0 fully saturated rings. The van der Waals surface area contributed by atoms with Crippen molar-refractivity contribution in [1.29, 1.82) is 0 Å². The number of allylic oxidation sites excluding steroid dienone is 1. The van der Waals surface area contributed by atoms with Crippen molar-refractivity contribution >= 4 is 28.8 Å². The summed E-state index contributed by atoms with van der Waals surface area (Å²) in [5.74, 6) is 0. The van der Waals surface area contributed by atoms with Crippen molar-refractivity contribution in [1.82, 2.24) is 0 Å². The van der Waals surface area contributed by atoms with Crippen molar-refractivity contribution in [2.75, 3.05) is 11.9 Å². The van der Waals surface area contributed by atoms with Gasteiger partial charge < -0.3 is 4.90 Å². The van der Waals surface area contributed by atoms with Crippen LogP contribution in [0.3, 0.4) is 0 Å². The lowest BCUT2D eigenvalue weighted by molar-refractivity contribution is -0.384. The van der Waals surface area contributed by atoms with E-state index in [4.69, 9.17) is 0 Å². The van der Waals surface area contributed by atoms with Crippen LogP contribution in [0.4, 0.5) is 17.1 Å². The number of hydrogen-bond acceptors (Lipinski definition) is 4. The fourth-order valence-corrected chi connectivity index (χ4v) is 3.29. The molecule has 0 atom stereocenters. The van der Waals surface area contributed by atoms with Gasteiger partial charge in [-0.15, -0.1) is 0 Å². The van der Waals surface area contributed by atoms with Gasteiger partial charge in [-0.05, 0) is 62.6 Å². The van der Waals surface area contributed by atoms with Gasteiger partial charge in [0.05, 0.1) is 16.1 Å². The first-order valence-corrected chi connectivity index (χ1v) is 8.56. The number of nitro groups is 1. The predicted molar refractivity (Wildman–Crippen MR) is 108 cm³/mol. The molecular weight excluding hydrogens is 326 g/mol. The van der Waals surface area contributed by atoms with Crippen LogP contribution in [0.1, 0.15) is 37.5 Å². The summed E-state index contributed by atoms with van der Waals surface area (Å²) in [5.41, 5.74) is 6.37. The van der Waals surface area contributed by atoms with E-state index in [1.165, 1.54) is 29.0 Å². The molecule has 0 aromatic heterocycles. The fraction of sp³-hybridized carbons (Fsp3) is 0.286. The highest BCUT2D eigenvalue weighted by Crippen LogP contribution is 2.39. The molecule has 3 rings (SSSR count). The molecule has 5 nitrogen and oxygen atoms in total. The van der Waals surface area contributed by atoms with E-state index in [2.05, 4.69) is 62.8 Å². The van der Waals surface area contributed by atoms with E-state index in [1.54, 1.807) is 18.3 Å². The highest BCUT2D eigenvalue weighted by molar-refractivity contribution is 5.90. The minimum Gasteiger partial charge on any atom is -0.365 e. The highest BCUT2D eigenvalue weighted by atomic mass is 16.6. The number of benzene rings is 2. The summed E-state index contributed by atoms with van der Waals surface area (Å²) in [4.78, 5) is 17.2. The van der Waals surface area contributed by atoms with Gasteiger partial charge in [-0.2, -0.15) is 0 Å². The minimum absolute atomic E-state index is 0.0257. The summed E-state index contributed by atoms with van der Waals surface area (Å²) in [5, 5.41) is 10.9. The molecule has 2 aromatic rings. The monoisotopic (exact) mass is 349 g/mol. The van der Waals surface area contributed by atoms with Crippen molar-refractivity contribution in [2.45, 2.75) is 33.2 Å². The minimum atomic E-state index is -0.408. The zero-order valence-corrected chi connectivity index (χ0v) is 15.8. The number of likely N-dealkylation sites (N-methyl/N-ethyl adjacent to an activating group) is 1. The molecule has 0 spiro atoms. The molecule has 134 valence electrons. The van der Waals surface area contributed by atoms with Gasteiger partial charge in [-0.25, -0.2) is 0 Å². The van der Waals surface area contributed by atoms with Gasteiger partial charge in [-0.3, -0.25) is 15.1 Å². The largest absolute Gasteiger partial charge is 0.365 e. The number of nitro benzene ring substituents is 1. The molecule has 0 bridgehead atoms. The Morgan fingerprint density at radius 3 is 2.62 bits per heavy atom. The van der Waals surface area contributed by atoms with E-state index in [0.717, 1.165) is 11.1 Å². The van der Waals surface area contributed by atoms with Crippen LogP contribution in [0.5, 0.6) is 0 Å². The van der Waals surface area contributed by atoms with Crippen molar-refractivity contribution < 1.29 is 4.92 Å². The third-order valence-corrected chi connectivity index (χ3v) is 5.00. The van der Waals surface area contributed by atoms with Crippen LogP contribution >= 0.6 is 0 Å². The van der Waals surface area contributed by atoms with Crippen LogP contribution in [0.15, 0.2) is 47.5 Å². The molecule has 0 unspecified atom stereocenters. The molecule has 0 aliphatic carbocycles. The van der Waals surface area contributed by atoms with Crippen LogP contribution in [-0.4, -0.2) is 23.7 Å². The topological polar surface area (TPSA) is 58.7 Å². The van der Waals surface area contributed by atoms with Crippen LogP contribution in [-0.2, 0) is 0 Å². The lowest BCUT2D eigenvalue weighted by Crippen LogP contribution is -2.42. The first kappa shape index (κ1) is 17.9. The van der Waals surface area contributed by atoms with Crippen LogP contribution in [0.25, 0.3) is 5.57 Å². The zero-order chi connectivity index (χ0) is 19.1. The maximum absolute atomic E-state index is 10.9. The van der Waals surface area contributed by atoms with Crippen molar-refractivity contribution in [2.24, 2.45) is 4.99 Å². The quantitative estimate of drug-likeness (QED) is 0.430. The summed E-state index contributed by atoms with van der Waals surface area (Å²) in [6, 6.07) is 10.7. The SMILES string of the molecule is CC1=CC(C)(C)N(C)c2cc(C)c(C=Nc3cccc([N+](=O)[O-])c3)cc21. The van der Waals surface area contributed by atoms with E-state index >= 15 is 0 Å². The Balaban J connectivity index is 1.99. The van der Waals surface area contributed by atoms with Crippen LogP contribution in [0, 0.1) is 17.0 Å². The Hall–Kier alpha value is -2.95. The Labute approximate surface area is 153 Å². The van der Waals surface area contributed by atoms with Crippen molar-refractivity contribution in [3.63, 3.8) is 0 Å². The number of aliphatic imine (C=N–C) groups is 1. The van der Waals surface area contributed by atoms with E-state index in [1.807, 2.05) is 0 Å². The van der Waals surface area contributed by atoms with E-state index in [9.17, 15) is 10.1 Å². The van der Waals surface area contributed by atoms with Crippen molar-refractivity contribution in [3.05, 3.63) is 69.3 Å². The van der Waals surface area contributed by atoms with Gasteiger partial charge in [-0.1, -0.05) is 12.1 Å². The molecule has 1 heterocycles. The number of non-ortho nitro benzene ring substituents is 1. The first-order chi connectivity index (χ1) is 12.2. The maximum Gasteiger partial charge on any atom is 0.271 e. The maximum atomic E-state index is 10.9. The van der Waals surface area contributed by atoms with E-state index in [-0.39, 0.29) is 11.2 Å². The lowest BCUT2D eigenvalue weighted by atomic mass is 9.87. The van der Waals surface area contributed by atoms with Gasteiger partial charge >= 0.3 is 0 Å². The Morgan fingerprint density at radius 2 is 1.92 bits per heavy atom. The molecular formula is C21H23N3O2. The molecule has 5 heteroatoms. The van der Waals surface area contributed by atoms with Gasteiger partial charge in [0, 0.05) is 36.6 Å². The number of rotatable bonds is 3. The second-order valence-electron chi connectivity index (χ2n) is 7.30. The third-order valence-electron chi connectivity index (χ3n) is 5.00. The highest BCUT2D eigenvalue weighted by Gasteiger charge is 2.28. The average molecular weight is 349 g/mol. The molecule has 1 aliphatic rings. The van der Waals surface area contributed by atoms with E-state index in [0.29, 0.717) is 5.69 Å². The molecule has 0 saturated carbocycles. The van der Waals surface area contributed by atoms with Crippen LogP contribution in [0.2, 0.25) is 0 Å². The molecule has 0 N–H and O–H groups in total. The van der Waals surface area contributed by atoms with Crippen molar-refractivity contribution in [3.8, 4) is 0 Å². The Bertz CT molecular complexity index is 942. The van der Waals surface area contributed by atoms with Gasteiger partial charge in [0.2, 0.25) is 0 Å². The van der Waals surface area contributed by atoms with Gasteiger partial charge in [0.25, 0.3) is 5.69 Å². The zero-order valence-electron chi connectivity index (χ0n) is 15.8. The molecule has 0 amide bonds. The normalized spacial score (nSPS) is 15.7. The molecule has 1 aliphatic heterocycles.